The Hall–Kier alpha value is -1.86. The lowest BCUT2D eigenvalue weighted by Crippen LogP contribution is -2.22. The van der Waals surface area contributed by atoms with Crippen LogP contribution < -0.4 is 20.2 Å². The Kier molecular flexibility index (Phi) is 4.47. The van der Waals surface area contributed by atoms with Crippen LogP contribution in [0.5, 0.6) is 23.0 Å². The Morgan fingerprint density at radius 2 is 1.14 bits per heavy atom. The molecule has 8 heteroatoms. The van der Waals surface area contributed by atoms with Crippen molar-refractivity contribution in [2.24, 2.45) is 9.98 Å². The Labute approximate surface area is 179 Å². The molecule has 0 saturated carbocycles. The lowest BCUT2D eigenvalue weighted by atomic mass is 10.2. The van der Waals surface area contributed by atoms with Crippen LogP contribution in [-0.4, -0.2) is 12.5 Å². The van der Waals surface area contributed by atoms with Crippen molar-refractivity contribution in [1.82, 2.24) is 0 Å². The summed E-state index contributed by atoms with van der Waals surface area (Å²) >= 11 is 16.6. The highest BCUT2D eigenvalue weighted by molar-refractivity contribution is 7.98. The van der Waals surface area contributed by atoms with Gasteiger partial charge in [0.25, 0.3) is 0 Å². The van der Waals surface area contributed by atoms with Gasteiger partial charge in [-0.25, -0.2) is 9.98 Å². The van der Waals surface area contributed by atoms with Crippen molar-refractivity contribution in [3.63, 3.8) is 0 Å². The van der Waals surface area contributed by atoms with Gasteiger partial charge in [-0.2, -0.15) is 0 Å². The van der Waals surface area contributed by atoms with Gasteiger partial charge in [0.05, 0.1) is 0 Å². The zero-order valence-corrected chi connectivity index (χ0v) is 17.9. The molecule has 3 aromatic rings. The fourth-order valence-corrected chi connectivity index (χ4v) is 4.43. The fraction of sp³-hybridized carbons (Fsp3) is 0.100. The van der Waals surface area contributed by atoms with E-state index in [9.17, 15) is 0 Å². The van der Waals surface area contributed by atoms with Crippen molar-refractivity contribution < 1.29 is 9.47 Å². The lowest BCUT2D eigenvalue weighted by Gasteiger charge is -2.21. The smallest absolute Gasteiger partial charge is 0.175 e. The first-order valence-corrected chi connectivity index (χ1v) is 11.5. The second-order valence-corrected chi connectivity index (χ2v) is 8.59. The number of ether oxygens (including phenoxy) is 2. The van der Waals surface area contributed by atoms with Gasteiger partial charge in [-0.15, -0.1) is 23.5 Å². The predicted molar refractivity (Wildman–Crippen MR) is 115 cm³/mol. The Morgan fingerprint density at radius 1 is 0.714 bits per heavy atom. The van der Waals surface area contributed by atoms with Crippen LogP contribution in [0.1, 0.15) is 0 Å². The number of nitrogens with zero attached hydrogens (tertiary/aromatic N) is 2. The molecule has 2 heterocycles. The summed E-state index contributed by atoms with van der Waals surface area (Å²) in [5.41, 5.74) is 1.39. The van der Waals surface area contributed by atoms with Gasteiger partial charge in [-0.3, -0.25) is 0 Å². The van der Waals surface area contributed by atoms with E-state index in [-0.39, 0.29) is 0 Å². The zero-order valence-electron chi connectivity index (χ0n) is 14.7. The van der Waals surface area contributed by atoms with Gasteiger partial charge in [-0.1, -0.05) is 23.2 Å². The maximum atomic E-state index is 6.66. The van der Waals surface area contributed by atoms with Crippen molar-refractivity contribution in [1.29, 1.82) is 0 Å². The molecule has 0 atom stereocenters. The average molecular weight is 447 g/mol. The van der Waals surface area contributed by atoms with Crippen LogP contribution in [0.4, 0.5) is 11.4 Å². The molecule has 0 N–H and O–H groups in total. The molecule has 4 nitrogen and oxygen atoms in total. The first-order chi connectivity index (χ1) is 13.6. The van der Waals surface area contributed by atoms with Gasteiger partial charge in [0, 0.05) is 9.79 Å². The summed E-state index contributed by atoms with van der Waals surface area (Å²) in [6, 6.07) is 11.6. The van der Waals surface area contributed by atoms with Gasteiger partial charge in [0.1, 0.15) is 32.1 Å². The Morgan fingerprint density at radius 3 is 1.54 bits per heavy atom. The fourth-order valence-electron chi connectivity index (χ4n) is 3.06. The molecule has 0 amide bonds. The maximum absolute atomic E-state index is 6.66. The summed E-state index contributed by atoms with van der Waals surface area (Å²) in [5, 5.41) is 1.57. The minimum Gasteiger partial charge on any atom is -0.451 e. The minimum absolute atomic E-state index is 0.331. The van der Waals surface area contributed by atoms with E-state index in [0.717, 1.165) is 9.79 Å². The number of thioether (sulfide) groups is 2. The molecule has 3 aromatic carbocycles. The van der Waals surface area contributed by atoms with E-state index in [4.69, 9.17) is 32.7 Å². The van der Waals surface area contributed by atoms with E-state index in [1.165, 1.54) is 0 Å². The van der Waals surface area contributed by atoms with Gasteiger partial charge >= 0.3 is 0 Å². The third kappa shape index (κ3) is 2.78. The van der Waals surface area contributed by atoms with Gasteiger partial charge < -0.3 is 9.47 Å². The topological polar surface area (TPSA) is 43.2 Å². The molecule has 0 aliphatic carbocycles. The van der Waals surface area contributed by atoms with Crippen molar-refractivity contribution >= 4 is 58.1 Å². The van der Waals surface area contributed by atoms with Crippen molar-refractivity contribution in [3.05, 3.63) is 57.2 Å². The highest BCUT2D eigenvalue weighted by atomic mass is 35.5. The number of halogens is 2. The molecule has 140 valence electrons. The molecule has 0 spiro atoms. The SMILES string of the molecule is CSc1ccc2c(c1)Oc1c(Cl)c3c(c(Cl)c1=N2)Oc1cc(SC)ccc1N=3. The van der Waals surface area contributed by atoms with Crippen molar-refractivity contribution in [3.8, 4) is 23.0 Å². The van der Waals surface area contributed by atoms with Crippen LogP contribution in [0.3, 0.4) is 0 Å². The first kappa shape index (κ1) is 18.2. The monoisotopic (exact) mass is 446 g/mol. The molecule has 5 rings (SSSR count). The molecule has 0 fully saturated rings. The van der Waals surface area contributed by atoms with Gasteiger partial charge in [0.2, 0.25) is 0 Å². The molecule has 2 aliphatic rings. The van der Waals surface area contributed by atoms with E-state index in [0.29, 0.717) is 55.1 Å². The van der Waals surface area contributed by atoms with E-state index >= 15 is 0 Å². The Balaban J connectivity index is 1.76. The predicted octanol–water partition coefficient (Wildman–Crippen LogP) is 6.55. The molecule has 0 radical (unpaired) electrons. The third-order valence-electron chi connectivity index (χ3n) is 4.47. The highest BCUT2D eigenvalue weighted by Gasteiger charge is 2.27. The van der Waals surface area contributed by atoms with Crippen LogP contribution in [0.15, 0.2) is 56.2 Å². The van der Waals surface area contributed by atoms with Crippen LogP contribution in [-0.2, 0) is 0 Å². The van der Waals surface area contributed by atoms with Crippen LogP contribution in [0, 0.1) is 0 Å². The second-order valence-electron chi connectivity index (χ2n) is 6.08. The van der Waals surface area contributed by atoms with Crippen LogP contribution in [0.2, 0.25) is 10.0 Å². The molecule has 2 aliphatic heterocycles. The summed E-state index contributed by atoms with van der Waals surface area (Å²) in [6.07, 6.45) is 4.01. The molecule has 0 saturated heterocycles. The molecule has 0 aromatic heterocycles. The largest absolute Gasteiger partial charge is 0.451 e. The Bertz CT molecular complexity index is 1180. The minimum atomic E-state index is 0.331. The summed E-state index contributed by atoms with van der Waals surface area (Å²) in [7, 11) is 0. The maximum Gasteiger partial charge on any atom is 0.175 e. The van der Waals surface area contributed by atoms with E-state index in [1.807, 2.05) is 48.9 Å². The van der Waals surface area contributed by atoms with Gasteiger partial charge in [0.15, 0.2) is 23.0 Å². The zero-order chi connectivity index (χ0) is 19.4. The lowest BCUT2D eigenvalue weighted by molar-refractivity contribution is 0.450. The molecule has 0 unspecified atom stereocenters. The number of hydrogen-bond donors (Lipinski definition) is 0. The summed E-state index contributed by atoms with van der Waals surface area (Å²) < 4.78 is 12.2. The normalized spacial score (nSPS) is 13.0. The third-order valence-corrected chi connectivity index (χ3v) is 6.62. The second kappa shape index (κ2) is 6.88. The number of benzene rings is 3. The number of hydrogen-bond acceptors (Lipinski definition) is 6. The highest BCUT2D eigenvalue weighted by Crippen LogP contribution is 2.43. The van der Waals surface area contributed by atoms with E-state index < -0.39 is 0 Å². The molecular weight excluding hydrogens is 435 g/mol. The van der Waals surface area contributed by atoms with Crippen molar-refractivity contribution in [2.75, 3.05) is 12.5 Å². The van der Waals surface area contributed by atoms with Crippen LogP contribution >= 0.6 is 46.7 Å². The summed E-state index contributed by atoms with van der Waals surface area (Å²) in [5.74, 6) is 2.07. The van der Waals surface area contributed by atoms with Crippen LogP contribution in [0.25, 0.3) is 0 Å². The van der Waals surface area contributed by atoms with Gasteiger partial charge in [-0.05, 0) is 48.9 Å². The first-order valence-electron chi connectivity index (χ1n) is 8.29. The average Bonchev–Trinajstić information content (AvgIpc) is 2.74. The standard InChI is InChI=1S/C20H12Cl2N2O2S2/c1-27-9-3-5-11-13(7-9)25-19-15(21)18-20(16(22)17(19)23-11)26-14-8-10(28-2)4-6-12(14)24-18/h3-8H,1-2H3. The van der Waals surface area contributed by atoms with Crippen molar-refractivity contribution in [2.45, 2.75) is 9.79 Å². The summed E-state index contributed by atoms with van der Waals surface area (Å²) in [6.45, 7) is 0. The number of fused-ring (bicyclic) bond motifs is 4. The number of rotatable bonds is 2. The summed E-state index contributed by atoms with van der Waals surface area (Å²) in [4.78, 5) is 11.5. The molecular formula is C20H12Cl2N2O2S2. The van der Waals surface area contributed by atoms with E-state index in [1.54, 1.807) is 23.5 Å². The quantitative estimate of drug-likeness (QED) is 0.288. The molecule has 28 heavy (non-hydrogen) atoms. The molecule has 0 bridgehead atoms. The van der Waals surface area contributed by atoms with E-state index in [2.05, 4.69) is 9.98 Å².